The van der Waals surface area contributed by atoms with Gasteiger partial charge in [-0.25, -0.2) is 0 Å². The number of nitrogens with one attached hydrogen (secondary N) is 1. The van der Waals surface area contributed by atoms with E-state index in [1.54, 1.807) is 0 Å². The van der Waals surface area contributed by atoms with Crippen molar-refractivity contribution in [2.24, 2.45) is 0 Å². The van der Waals surface area contributed by atoms with Crippen LogP contribution in [0, 0.1) is 0 Å². The molecule has 2 nitrogen and oxygen atoms in total. The van der Waals surface area contributed by atoms with Crippen LogP contribution < -0.4 is 5.43 Å². The first-order valence-electron chi connectivity index (χ1n) is 6.30. The molecular formula is C13H24N2. The number of unbranched alkanes of at least 4 members (excludes halogenated alkanes) is 6. The normalized spacial score (nSPS) is 10.5. The van der Waals surface area contributed by atoms with Gasteiger partial charge in [0.25, 0.3) is 0 Å². The predicted molar refractivity (Wildman–Crippen MR) is 66.7 cm³/mol. The van der Waals surface area contributed by atoms with E-state index in [0.717, 1.165) is 6.54 Å². The van der Waals surface area contributed by atoms with Crippen LogP contribution in [0.4, 0.5) is 0 Å². The fourth-order valence-corrected chi connectivity index (χ4v) is 1.73. The van der Waals surface area contributed by atoms with Gasteiger partial charge in [-0.2, -0.15) is 0 Å². The molecule has 0 aliphatic rings. The van der Waals surface area contributed by atoms with Gasteiger partial charge in [-0.1, -0.05) is 45.4 Å². The molecule has 0 amide bonds. The van der Waals surface area contributed by atoms with Crippen LogP contribution >= 0.6 is 0 Å². The van der Waals surface area contributed by atoms with Gasteiger partial charge in [-0.05, 0) is 18.6 Å². The van der Waals surface area contributed by atoms with Gasteiger partial charge in [0, 0.05) is 18.9 Å². The van der Waals surface area contributed by atoms with E-state index in [1.807, 2.05) is 29.2 Å². The molecule has 1 aromatic rings. The van der Waals surface area contributed by atoms with Crippen LogP contribution in [0.3, 0.4) is 0 Å². The van der Waals surface area contributed by atoms with Crippen LogP contribution in [0.15, 0.2) is 24.5 Å². The molecule has 0 spiro atoms. The number of aromatic nitrogens is 1. The highest BCUT2D eigenvalue weighted by Crippen LogP contribution is 2.06. The molecule has 1 rings (SSSR count). The van der Waals surface area contributed by atoms with Crippen LogP contribution in [-0.2, 0) is 0 Å². The van der Waals surface area contributed by atoms with Crippen LogP contribution in [0.25, 0.3) is 0 Å². The molecule has 0 bridgehead atoms. The molecule has 0 aliphatic carbocycles. The topological polar surface area (TPSA) is 17.0 Å². The number of nitrogens with zero attached hydrogens (tertiary/aromatic N) is 1. The van der Waals surface area contributed by atoms with E-state index >= 15 is 0 Å². The SMILES string of the molecule is CCCCCCCCCNn1cccc1. The summed E-state index contributed by atoms with van der Waals surface area (Å²) in [5, 5.41) is 0. The molecule has 0 saturated carbocycles. The molecule has 1 heterocycles. The maximum atomic E-state index is 3.34. The standard InChI is InChI=1S/C13H24N2/c1-2-3-4-5-6-7-8-11-14-15-12-9-10-13-15/h9-10,12-14H,2-8,11H2,1H3. The van der Waals surface area contributed by atoms with Crippen molar-refractivity contribution in [2.75, 3.05) is 12.0 Å². The molecule has 0 fully saturated rings. The lowest BCUT2D eigenvalue weighted by Gasteiger charge is -2.06. The third-order valence-corrected chi connectivity index (χ3v) is 2.68. The van der Waals surface area contributed by atoms with Crippen molar-refractivity contribution in [1.29, 1.82) is 0 Å². The van der Waals surface area contributed by atoms with E-state index in [9.17, 15) is 0 Å². The first kappa shape index (κ1) is 12.2. The van der Waals surface area contributed by atoms with Crippen molar-refractivity contribution in [1.82, 2.24) is 4.68 Å². The van der Waals surface area contributed by atoms with Gasteiger partial charge in [0.15, 0.2) is 0 Å². The van der Waals surface area contributed by atoms with Crippen molar-refractivity contribution in [3.63, 3.8) is 0 Å². The molecule has 0 radical (unpaired) electrons. The molecule has 15 heavy (non-hydrogen) atoms. The van der Waals surface area contributed by atoms with Crippen molar-refractivity contribution in [3.05, 3.63) is 24.5 Å². The second-order valence-electron chi connectivity index (χ2n) is 4.12. The fraction of sp³-hybridized carbons (Fsp3) is 0.692. The molecule has 0 saturated heterocycles. The second kappa shape index (κ2) is 8.39. The maximum absolute atomic E-state index is 3.34. The Kier molecular flexibility index (Phi) is 6.80. The minimum atomic E-state index is 1.09. The Morgan fingerprint density at radius 1 is 0.867 bits per heavy atom. The minimum Gasteiger partial charge on any atom is -0.326 e. The Labute approximate surface area is 93.7 Å². The van der Waals surface area contributed by atoms with Crippen molar-refractivity contribution in [2.45, 2.75) is 51.9 Å². The molecule has 2 heteroatoms. The van der Waals surface area contributed by atoms with Gasteiger partial charge in [0.2, 0.25) is 0 Å². The van der Waals surface area contributed by atoms with Crippen LogP contribution in [0.1, 0.15) is 51.9 Å². The van der Waals surface area contributed by atoms with Crippen LogP contribution in [0.2, 0.25) is 0 Å². The number of hydrogen-bond acceptors (Lipinski definition) is 1. The quantitative estimate of drug-likeness (QED) is 0.611. The third kappa shape index (κ3) is 6.21. The zero-order chi connectivity index (χ0) is 10.8. The zero-order valence-electron chi connectivity index (χ0n) is 9.91. The lowest BCUT2D eigenvalue weighted by atomic mass is 10.1. The molecular weight excluding hydrogens is 184 g/mol. The fourth-order valence-electron chi connectivity index (χ4n) is 1.73. The van der Waals surface area contributed by atoms with Gasteiger partial charge < -0.3 is 5.43 Å². The van der Waals surface area contributed by atoms with Crippen LogP contribution in [0.5, 0.6) is 0 Å². The summed E-state index contributed by atoms with van der Waals surface area (Å²) in [7, 11) is 0. The summed E-state index contributed by atoms with van der Waals surface area (Å²) in [6.07, 6.45) is 13.7. The molecule has 86 valence electrons. The maximum Gasteiger partial charge on any atom is 0.0313 e. The zero-order valence-corrected chi connectivity index (χ0v) is 9.91. The minimum absolute atomic E-state index is 1.09. The average Bonchev–Trinajstić information content (AvgIpc) is 2.75. The van der Waals surface area contributed by atoms with E-state index in [-0.39, 0.29) is 0 Å². The molecule has 0 aliphatic heterocycles. The van der Waals surface area contributed by atoms with Crippen molar-refractivity contribution >= 4 is 0 Å². The van der Waals surface area contributed by atoms with Gasteiger partial charge in [0.05, 0.1) is 0 Å². The molecule has 1 aromatic heterocycles. The molecule has 1 N–H and O–H groups in total. The molecule has 0 atom stereocenters. The number of rotatable bonds is 9. The highest BCUT2D eigenvalue weighted by atomic mass is 15.4. The van der Waals surface area contributed by atoms with Crippen LogP contribution in [-0.4, -0.2) is 11.2 Å². The lowest BCUT2D eigenvalue weighted by molar-refractivity contribution is 0.590. The molecule has 0 aromatic carbocycles. The summed E-state index contributed by atoms with van der Waals surface area (Å²) in [4.78, 5) is 0. The van der Waals surface area contributed by atoms with E-state index in [2.05, 4.69) is 12.3 Å². The number of hydrogen-bond donors (Lipinski definition) is 1. The second-order valence-corrected chi connectivity index (χ2v) is 4.12. The third-order valence-electron chi connectivity index (χ3n) is 2.68. The highest BCUT2D eigenvalue weighted by molar-refractivity contribution is 4.92. The van der Waals surface area contributed by atoms with Gasteiger partial charge in [-0.15, -0.1) is 0 Å². The smallest absolute Gasteiger partial charge is 0.0313 e. The van der Waals surface area contributed by atoms with E-state index in [0.29, 0.717) is 0 Å². The summed E-state index contributed by atoms with van der Waals surface area (Å²) in [6, 6.07) is 4.08. The lowest BCUT2D eigenvalue weighted by Crippen LogP contribution is -2.13. The molecule has 0 unspecified atom stereocenters. The summed E-state index contributed by atoms with van der Waals surface area (Å²) in [5.41, 5.74) is 3.34. The Morgan fingerprint density at radius 2 is 1.47 bits per heavy atom. The van der Waals surface area contributed by atoms with E-state index in [1.165, 1.54) is 44.9 Å². The van der Waals surface area contributed by atoms with Crippen molar-refractivity contribution < 1.29 is 0 Å². The largest absolute Gasteiger partial charge is 0.326 e. The van der Waals surface area contributed by atoms with Gasteiger partial charge in [-0.3, -0.25) is 4.68 Å². The monoisotopic (exact) mass is 208 g/mol. The highest BCUT2D eigenvalue weighted by Gasteiger charge is 1.90. The Bertz CT molecular complexity index is 216. The first-order chi connectivity index (χ1) is 7.43. The summed E-state index contributed by atoms with van der Waals surface area (Å²) >= 11 is 0. The summed E-state index contributed by atoms with van der Waals surface area (Å²) < 4.78 is 2.02. The Morgan fingerprint density at radius 3 is 2.13 bits per heavy atom. The van der Waals surface area contributed by atoms with E-state index < -0.39 is 0 Å². The Hall–Kier alpha value is -0.920. The first-order valence-corrected chi connectivity index (χ1v) is 6.30. The van der Waals surface area contributed by atoms with Gasteiger partial charge >= 0.3 is 0 Å². The summed E-state index contributed by atoms with van der Waals surface area (Å²) in [5.74, 6) is 0. The summed E-state index contributed by atoms with van der Waals surface area (Å²) in [6.45, 7) is 3.35. The van der Waals surface area contributed by atoms with Crippen molar-refractivity contribution in [3.8, 4) is 0 Å². The predicted octanol–water partition coefficient (Wildman–Crippen LogP) is 3.78. The Balaban J connectivity index is 1.81. The average molecular weight is 208 g/mol. The van der Waals surface area contributed by atoms with E-state index in [4.69, 9.17) is 0 Å². The van der Waals surface area contributed by atoms with Gasteiger partial charge in [0.1, 0.15) is 0 Å².